The fourth-order valence-corrected chi connectivity index (χ4v) is 4.54. The molecule has 0 radical (unpaired) electrons. The summed E-state index contributed by atoms with van der Waals surface area (Å²) in [6.07, 6.45) is 0. The topological polar surface area (TPSA) is 67.2 Å². The third kappa shape index (κ3) is 4.60. The lowest BCUT2D eigenvalue weighted by atomic mass is 10.1. The van der Waals surface area contributed by atoms with Gasteiger partial charge in [0.25, 0.3) is 0 Å². The first-order valence-electron chi connectivity index (χ1n) is 9.78. The number of hydrogen-bond donors (Lipinski definition) is 0. The molecule has 1 saturated heterocycles. The van der Waals surface area contributed by atoms with Gasteiger partial charge in [-0.2, -0.15) is 4.68 Å². The third-order valence-electron chi connectivity index (χ3n) is 5.15. The summed E-state index contributed by atoms with van der Waals surface area (Å²) in [7, 11) is 0. The largest absolute Gasteiger partial charge is 0.368 e. The minimum atomic E-state index is 0.0981. The van der Waals surface area contributed by atoms with Crippen molar-refractivity contribution in [3.63, 3.8) is 0 Å². The summed E-state index contributed by atoms with van der Waals surface area (Å²) in [5, 5.41) is 13.4. The molecule has 2 aromatic carbocycles. The van der Waals surface area contributed by atoms with Crippen LogP contribution in [0, 0.1) is 13.8 Å². The third-order valence-corrected chi connectivity index (χ3v) is 6.29. The number of tetrazole rings is 1. The van der Waals surface area contributed by atoms with Gasteiger partial charge in [0.05, 0.1) is 11.4 Å². The van der Waals surface area contributed by atoms with Crippen molar-refractivity contribution in [2.24, 2.45) is 0 Å². The number of thioether (sulfide) groups is 1. The number of aromatic nitrogens is 4. The van der Waals surface area contributed by atoms with E-state index >= 15 is 0 Å². The SMILES string of the molecule is Cc1ccc(-n2nnnc2SCC(=O)N2CCN(c3cccc(Cl)c3)CC2)c(C)c1. The minimum Gasteiger partial charge on any atom is -0.368 e. The highest BCUT2D eigenvalue weighted by Gasteiger charge is 2.22. The Kier molecular flexibility index (Phi) is 6.24. The number of amides is 1. The van der Waals surface area contributed by atoms with E-state index in [-0.39, 0.29) is 5.91 Å². The Labute approximate surface area is 185 Å². The second-order valence-electron chi connectivity index (χ2n) is 7.30. The van der Waals surface area contributed by atoms with Crippen LogP contribution in [0.5, 0.6) is 0 Å². The van der Waals surface area contributed by atoms with E-state index in [9.17, 15) is 4.79 Å². The van der Waals surface area contributed by atoms with Crippen LogP contribution in [0.25, 0.3) is 5.69 Å². The van der Waals surface area contributed by atoms with E-state index in [1.165, 1.54) is 17.3 Å². The molecular weight excluding hydrogens is 420 g/mol. The zero-order valence-corrected chi connectivity index (χ0v) is 18.5. The van der Waals surface area contributed by atoms with E-state index in [2.05, 4.69) is 33.4 Å². The van der Waals surface area contributed by atoms with Crippen LogP contribution < -0.4 is 4.90 Å². The molecule has 0 aliphatic carbocycles. The average molecular weight is 443 g/mol. The molecule has 3 aromatic rings. The number of piperazine rings is 1. The number of benzene rings is 2. The molecule has 2 heterocycles. The summed E-state index contributed by atoms with van der Waals surface area (Å²) in [6.45, 7) is 7.04. The molecule has 0 spiro atoms. The van der Waals surface area contributed by atoms with Crippen LogP contribution in [0.2, 0.25) is 5.02 Å². The van der Waals surface area contributed by atoms with Crippen molar-refractivity contribution in [3.8, 4) is 5.69 Å². The molecule has 0 N–H and O–H groups in total. The normalized spacial score (nSPS) is 14.2. The molecule has 1 aromatic heterocycles. The maximum Gasteiger partial charge on any atom is 0.233 e. The Morgan fingerprint density at radius 2 is 1.90 bits per heavy atom. The van der Waals surface area contributed by atoms with Gasteiger partial charge in [0.15, 0.2) is 0 Å². The van der Waals surface area contributed by atoms with Crippen molar-refractivity contribution in [3.05, 3.63) is 58.6 Å². The van der Waals surface area contributed by atoms with E-state index in [1.54, 1.807) is 4.68 Å². The van der Waals surface area contributed by atoms with Crippen molar-refractivity contribution in [1.82, 2.24) is 25.1 Å². The monoisotopic (exact) mass is 442 g/mol. The molecule has 1 aliphatic rings. The van der Waals surface area contributed by atoms with Gasteiger partial charge in [0, 0.05) is 36.9 Å². The Hall–Kier alpha value is -2.58. The second kappa shape index (κ2) is 9.06. The zero-order chi connectivity index (χ0) is 21.1. The fraction of sp³-hybridized carbons (Fsp3) is 0.333. The first-order chi connectivity index (χ1) is 14.5. The van der Waals surface area contributed by atoms with Gasteiger partial charge < -0.3 is 9.80 Å². The van der Waals surface area contributed by atoms with Crippen LogP contribution >= 0.6 is 23.4 Å². The molecule has 9 heteroatoms. The first-order valence-corrected chi connectivity index (χ1v) is 11.1. The molecule has 156 valence electrons. The number of hydrogen-bond acceptors (Lipinski definition) is 6. The first kappa shape index (κ1) is 20.7. The van der Waals surface area contributed by atoms with Gasteiger partial charge in [-0.3, -0.25) is 4.79 Å². The molecule has 1 fully saturated rings. The van der Waals surface area contributed by atoms with Gasteiger partial charge in [0.2, 0.25) is 11.1 Å². The standard InChI is InChI=1S/C21H23ClN6OS/c1-15-6-7-19(16(2)12-15)28-21(23-24-25-28)30-14-20(29)27-10-8-26(9-11-27)18-5-3-4-17(22)13-18/h3-7,12-13H,8-11,14H2,1-2H3. The number of carbonyl (C=O) groups is 1. The van der Waals surface area contributed by atoms with Crippen molar-refractivity contribution in [2.75, 3.05) is 36.8 Å². The lowest BCUT2D eigenvalue weighted by Gasteiger charge is -2.36. The van der Waals surface area contributed by atoms with Gasteiger partial charge in [-0.15, -0.1) is 5.10 Å². The number of carbonyl (C=O) groups excluding carboxylic acids is 1. The molecule has 0 atom stereocenters. The lowest BCUT2D eigenvalue weighted by Crippen LogP contribution is -2.49. The summed E-state index contributed by atoms with van der Waals surface area (Å²) in [4.78, 5) is 16.9. The minimum absolute atomic E-state index is 0.0981. The molecular formula is C21H23ClN6OS. The van der Waals surface area contributed by atoms with Gasteiger partial charge in [-0.25, -0.2) is 0 Å². The van der Waals surface area contributed by atoms with Crippen LogP contribution in [0.15, 0.2) is 47.6 Å². The van der Waals surface area contributed by atoms with Gasteiger partial charge in [-0.05, 0) is 54.1 Å². The van der Waals surface area contributed by atoms with Crippen LogP contribution in [0.4, 0.5) is 5.69 Å². The van der Waals surface area contributed by atoms with E-state index < -0.39 is 0 Å². The average Bonchev–Trinajstić information content (AvgIpc) is 3.20. The highest BCUT2D eigenvalue weighted by Crippen LogP contribution is 2.23. The smallest absolute Gasteiger partial charge is 0.233 e. The maximum absolute atomic E-state index is 12.7. The highest BCUT2D eigenvalue weighted by molar-refractivity contribution is 7.99. The number of aryl methyl sites for hydroxylation is 2. The summed E-state index contributed by atoms with van der Waals surface area (Å²) < 4.78 is 1.70. The summed E-state index contributed by atoms with van der Waals surface area (Å²) in [5.74, 6) is 0.406. The van der Waals surface area contributed by atoms with E-state index in [4.69, 9.17) is 11.6 Å². The summed E-state index contributed by atoms with van der Waals surface area (Å²) >= 11 is 7.46. The molecule has 0 saturated carbocycles. The van der Waals surface area contributed by atoms with Crippen LogP contribution in [-0.4, -0.2) is 62.9 Å². The summed E-state index contributed by atoms with van der Waals surface area (Å²) in [5.41, 5.74) is 4.30. The quantitative estimate of drug-likeness (QED) is 0.564. The molecule has 30 heavy (non-hydrogen) atoms. The van der Waals surface area contributed by atoms with Gasteiger partial charge in [-0.1, -0.05) is 47.1 Å². The molecule has 7 nitrogen and oxygen atoms in total. The number of halogens is 1. The van der Waals surface area contributed by atoms with Gasteiger partial charge >= 0.3 is 0 Å². The molecule has 4 rings (SSSR count). The van der Waals surface area contributed by atoms with Crippen LogP contribution in [-0.2, 0) is 4.79 Å². The molecule has 0 bridgehead atoms. The number of rotatable bonds is 5. The molecule has 1 amide bonds. The Balaban J connectivity index is 1.35. The van der Waals surface area contributed by atoms with Crippen molar-refractivity contribution < 1.29 is 4.79 Å². The number of nitrogens with zero attached hydrogens (tertiary/aromatic N) is 6. The van der Waals surface area contributed by atoms with Crippen LogP contribution in [0.3, 0.4) is 0 Å². The predicted octanol–water partition coefficient (Wildman–Crippen LogP) is 3.37. The Morgan fingerprint density at radius 1 is 1.10 bits per heavy atom. The Bertz CT molecular complexity index is 1050. The van der Waals surface area contributed by atoms with Crippen molar-refractivity contribution >= 4 is 35.0 Å². The van der Waals surface area contributed by atoms with E-state index in [0.717, 1.165) is 35.1 Å². The lowest BCUT2D eigenvalue weighted by molar-refractivity contribution is -0.128. The van der Waals surface area contributed by atoms with E-state index in [1.807, 2.05) is 48.2 Å². The van der Waals surface area contributed by atoms with E-state index in [0.29, 0.717) is 24.0 Å². The number of anilines is 1. The summed E-state index contributed by atoms with van der Waals surface area (Å²) in [6, 6.07) is 14.0. The second-order valence-corrected chi connectivity index (χ2v) is 8.68. The van der Waals surface area contributed by atoms with Crippen molar-refractivity contribution in [1.29, 1.82) is 0 Å². The predicted molar refractivity (Wildman–Crippen MR) is 120 cm³/mol. The highest BCUT2D eigenvalue weighted by atomic mass is 35.5. The fourth-order valence-electron chi connectivity index (χ4n) is 3.57. The maximum atomic E-state index is 12.7. The van der Waals surface area contributed by atoms with Crippen LogP contribution in [0.1, 0.15) is 11.1 Å². The molecule has 1 aliphatic heterocycles. The zero-order valence-electron chi connectivity index (χ0n) is 17.0. The van der Waals surface area contributed by atoms with Crippen molar-refractivity contribution in [2.45, 2.75) is 19.0 Å². The van der Waals surface area contributed by atoms with Gasteiger partial charge in [0.1, 0.15) is 0 Å². The molecule has 0 unspecified atom stereocenters. The Morgan fingerprint density at radius 3 is 2.63 bits per heavy atom.